The maximum Gasteiger partial charge on any atom is 0.335 e. The topological polar surface area (TPSA) is 127 Å². The van der Waals surface area contributed by atoms with Gasteiger partial charge in [0.05, 0.1) is 23.1 Å². The van der Waals surface area contributed by atoms with E-state index in [4.69, 9.17) is 15.6 Å². The molecule has 1 aliphatic rings. The highest BCUT2D eigenvalue weighted by Gasteiger charge is 2.40. The van der Waals surface area contributed by atoms with Crippen LogP contribution in [0.1, 0.15) is 23.7 Å². The first-order valence-corrected chi connectivity index (χ1v) is 8.64. The van der Waals surface area contributed by atoms with Gasteiger partial charge in [-0.05, 0) is 31.2 Å². The summed E-state index contributed by atoms with van der Waals surface area (Å²) < 4.78 is 4.80. The van der Waals surface area contributed by atoms with Crippen molar-refractivity contribution in [1.82, 2.24) is 0 Å². The van der Waals surface area contributed by atoms with E-state index in [1.54, 1.807) is 6.92 Å². The lowest BCUT2D eigenvalue weighted by molar-refractivity contribution is -0.144. The van der Waals surface area contributed by atoms with Gasteiger partial charge in [-0.2, -0.15) is 0 Å². The standard InChI is InChI=1S/C16H18N2O6S/c1-2-24-16(23)11(17)8-25-12-7-13(19)18(14(12)20)10-5-3-9(4-6-10)15(21)22/h3-6,11-12H,2,7-8,17H2,1H3,(H,21,22). The van der Waals surface area contributed by atoms with Crippen molar-refractivity contribution < 1.29 is 29.0 Å². The first kappa shape index (κ1) is 18.9. The van der Waals surface area contributed by atoms with Crippen LogP contribution in [0.2, 0.25) is 0 Å². The minimum absolute atomic E-state index is 0.000270. The Morgan fingerprint density at radius 3 is 2.56 bits per heavy atom. The van der Waals surface area contributed by atoms with E-state index in [2.05, 4.69) is 0 Å². The Balaban J connectivity index is 2.02. The van der Waals surface area contributed by atoms with Crippen LogP contribution >= 0.6 is 11.8 Å². The molecule has 134 valence electrons. The summed E-state index contributed by atoms with van der Waals surface area (Å²) in [4.78, 5) is 48.0. The van der Waals surface area contributed by atoms with Crippen molar-refractivity contribution in [1.29, 1.82) is 0 Å². The van der Waals surface area contributed by atoms with E-state index in [0.29, 0.717) is 5.69 Å². The Morgan fingerprint density at radius 2 is 2.00 bits per heavy atom. The summed E-state index contributed by atoms with van der Waals surface area (Å²) in [5.41, 5.74) is 6.07. The van der Waals surface area contributed by atoms with Crippen LogP contribution in [0, 0.1) is 0 Å². The number of esters is 1. The molecule has 1 saturated heterocycles. The normalized spacial score (nSPS) is 18.3. The van der Waals surface area contributed by atoms with Gasteiger partial charge in [0.15, 0.2) is 0 Å². The first-order valence-electron chi connectivity index (χ1n) is 7.59. The number of carbonyl (C=O) groups is 4. The van der Waals surface area contributed by atoms with E-state index in [-0.39, 0.29) is 30.3 Å². The zero-order chi connectivity index (χ0) is 18.6. The van der Waals surface area contributed by atoms with Gasteiger partial charge in [-0.25, -0.2) is 9.69 Å². The van der Waals surface area contributed by atoms with E-state index in [0.717, 1.165) is 16.7 Å². The van der Waals surface area contributed by atoms with Gasteiger partial charge >= 0.3 is 11.9 Å². The monoisotopic (exact) mass is 366 g/mol. The Hall–Kier alpha value is -2.39. The maximum atomic E-state index is 12.5. The van der Waals surface area contributed by atoms with Crippen molar-refractivity contribution in [2.24, 2.45) is 5.73 Å². The summed E-state index contributed by atoms with van der Waals surface area (Å²) in [6, 6.07) is 4.62. The van der Waals surface area contributed by atoms with Crippen molar-refractivity contribution in [3.05, 3.63) is 29.8 Å². The highest BCUT2D eigenvalue weighted by atomic mass is 32.2. The van der Waals surface area contributed by atoms with Crippen molar-refractivity contribution in [2.75, 3.05) is 17.3 Å². The van der Waals surface area contributed by atoms with Gasteiger partial charge in [0, 0.05) is 12.2 Å². The van der Waals surface area contributed by atoms with E-state index in [9.17, 15) is 19.2 Å². The largest absolute Gasteiger partial charge is 0.478 e. The van der Waals surface area contributed by atoms with E-state index >= 15 is 0 Å². The molecule has 0 saturated carbocycles. The van der Waals surface area contributed by atoms with Crippen LogP contribution in [0.5, 0.6) is 0 Å². The molecule has 1 aromatic rings. The maximum absolute atomic E-state index is 12.5. The lowest BCUT2D eigenvalue weighted by Crippen LogP contribution is -2.36. The number of hydrogen-bond acceptors (Lipinski definition) is 7. The summed E-state index contributed by atoms with van der Waals surface area (Å²) in [6.45, 7) is 1.89. The molecule has 9 heteroatoms. The number of amides is 2. The second kappa shape index (κ2) is 8.13. The number of imide groups is 1. The molecule has 1 heterocycles. The average molecular weight is 366 g/mol. The van der Waals surface area contributed by atoms with Gasteiger partial charge in [0.25, 0.3) is 0 Å². The third-order valence-corrected chi connectivity index (χ3v) is 4.87. The molecule has 0 aliphatic carbocycles. The van der Waals surface area contributed by atoms with Gasteiger partial charge < -0.3 is 15.6 Å². The molecule has 3 N–H and O–H groups in total. The van der Waals surface area contributed by atoms with Crippen LogP contribution < -0.4 is 10.6 Å². The van der Waals surface area contributed by atoms with Crippen molar-refractivity contribution in [2.45, 2.75) is 24.6 Å². The number of ether oxygens (including phenoxy) is 1. The second-order valence-corrected chi connectivity index (χ2v) is 6.54. The van der Waals surface area contributed by atoms with Crippen LogP contribution in [0.15, 0.2) is 24.3 Å². The lowest BCUT2D eigenvalue weighted by atomic mass is 10.2. The summed E-state index contributed by atoms with van der Waals surface area (Å²) in [5.74, 6) is -2.27. The molecule has 2 atom stereocenters. The number of carboxylic acids is 1. The van der Waals surface area contributed by atoms with E-state index in [1.807, 2.05) is 0 Å². The minimum atomic E-state index is -1.09. The van der Waals surface area contributed by atoms with E-state index in [1.165, 1.54) is 24.3 Å². The number of hydrogen-bond donors (Lipinski definition) is 2. The summed E-state index contributed by atoms with van der Waals surface area (Å²) in [5, 5.41) is 8.26. The lowest BCUT2D eigenvalue weighted by Gasteiger charge is -2.16. The predicted octanol–water partition coefficient (Wildman–Crippen LogP) is 0.640. The molecule has 8 nitrogen and oxygen atoms in total. The molecule has 2 rings (SSSR count). The zero-order valence-corrected chi connectivity index (χ0v) is 14.3. The number of nitrogens with zero attached hydrogens (tertiary/aromatic N) is 1. The van der Waals surface area contributed by atoms with Crippen LogP contribution in [0.3, 0.4) is 0 Å². The highest BCUT2D eigenvalue weighted by Crippen LogP contribution is 2.30. The van der Waals surface area contributed by atoms with Crippen LogP contribution in [-0.2, 0) is 19.1 Å². The summed E-state index contributed by atoms with van der Waals surface area (Å²) in [6.07, 6.45) is -0.000270. The Morgan fingerprint density at radius 1 is 1.36 bits per heavy atom. The van der Waals surface area contributed by atoms with Gasteiger partial charge in [-0.3, -0.25) is 14.4 Å². The molecule has 0 bridgehead atoms. The minimum Gasteiger partial charge on any atom is -0.478 e. The molecule has 0 spiro atoms. The predicted molar refractivity (Wildman–Crippen MR) is 91.4 cm³/mol. The molecule has 2 amide bonds. The number of carboxylic acid groups (broad SMARTS) is 1. The number of aromatic carboxylic acids is 1. The first-order chi connectivity index (χ1) is 11.8. The fourth-order valence-electron chi connectivity index (χ4n) is 2.30. The van der Waals surface area contributed by atoms with Crippen LogP contribution in [-0.4, -0.2) is 52.5 Å². The number of nitrogens with two attached hydrogens (primary N) is 1. The fourth-order valence-corrected chi connectivity index (χ4v) is 3.38. The van der Waals surface area contributed by atoms with Crippen molar-refractivity contribution >= 4 is 41.2 Å². The Labute approximate surface area is 148 Å². The molecule has 1 aromatic carbocycles. The Bertz CT molecular complexity index is 690. The summed E-state index contributed by atoms with van der Waals surface area (Å²) >= 11 is 1.13. The van der Waals surface area contributed by atoms with Gasteiger partial charge in [-0.1, -0.05) is 0 Å². The molecule has 1 fully saturated rings. The number of anilines is 1. The van der Waals surface area contributed by atoms with Crippen molar-refractivity contribution in [3.8, 4) is 0 Å². The zero-order valence-electron chi connectivity index (χ0n) is 13.5. The Kier molecular flexibility index (Phi) is 6.16. The van der Waals surface area contributed by atoms with Crippen molar-refractivity contribution in [3.63, 3.8) is 0 Å². The molecular formula is C16H18N2O6S. The smallest absolute Gasteiger partial charge is 0.335 e. The van der Waals surface area contributed by atoms with Gasteiger partial charge in [-0.15, -0.1) is 11.8 Å². The number of thioether (sulfide) groups is 1. The molecule has 1 aliphatic heterocycles. The number of rotatable bonds is 7. The summed E-state index contributed by atoms with van der Waals surface area (Å²) in [7, 11) is 0. The third kappa shape index (κ3) is 4.37. The fraction of sp³-hybridized carbons (Fsp3) is 0.375. The average Bonchev–Trinajstić information content (AvgIpc) is 2.86. The SMILES string of the molecule is CCOC(=O)C(N)CSC1CC(=O)N(c2ccc(C(=O)O)cc2)C1=O. The van der Waals surface area contributed by atoms with Crippen LogP contribution in [0.4, 0.5) is 5.69 Å². The molecule has 2 unspecified atom stereocenters. The van der Waals surface area contributed by atoms with E-state index < -0.39 is 29.1 Å². The molecular weight excluding hydrogens is 348 g/mol. The number of benzene rings is 1. The van der Waals surface area contributed by atoms with Crippen LogP contribution in [0.25, 0.3) is 0 Å². The van der Waals surface area contributed by atoms with Gasteiger partial charge in [0.1, 0.15) is 6.04 Å². The highest BCUT2D eigenvalue weighted by molar-refractivity contribution is 8.00. The molecule has 25 heavy (non-hydrogen) atoms. The number of carbonyl (C=O) groups excluding carboxylic acids is 3. The van der Waals surface area contributed by atoms with Gasteiger partial charge in [0.2, 0.25) is 11.8 Å². The molecule has 0 aromatic heterocycles. The quantitative estimate of drug-likeness (QED) is 0.532. The third-order valence-electron chi connectivity index (χ3n) is 3.54. The second-order valence-electron chi connectivity index (χ2n) is 5.30. The molecule has 0 radical (unpaired) electrons.